The van der Waals surface area contributed by atoms with Gasteiger partial charge in [-0.25, -0.2) is 0 Å². The third-order valence-corrected chi connectivity index (χ3v) is 2.73. The molecule has 0 aromatic carbocycles. The van der Waals surface area contributed by atoms with Gasteiger partial charge in [0.15, 0.2) is 5.82 Å². The van der Waals surface area contributed by atoms with Crippen molar-refractivity contribution in [2.75, 3.05) is 19.8 Å². The Morgan fingerprint density at radius 2 is 2.44 bits per heavy atom. The molecule has 0 bridgehead atoms. The molecule has 1 N–H and O–H groups in total. The highest BCUT2D eigenvalue weighted by Crippen LogP contribution is 2.06. The third-order valence-electron chi connectivity index (χ3n) is 2.73. The molecule has 1 atom stereocenters. The maximum Gasteiger partial charge on any atom is 0.226 e. The van der Waals surface area contributed by atoms with Crippen LogP contribution < -0.4 is 5.32 Å². The summed E-state index contributed by atoms with van der Waals surface area (Å²) in [4.78, 5) is 4.16. The van der Waals surface area contributed by atoms with Crippen LogP contribution in [0.1, 0.15) is 31.0 Å². The van der Waals surface area contributed by atoms with Crippen molar-refractivity contribution in [1.82, 2.24) is 15.5 Å². The van der Waals surface area contributed by atoms with Gasteiger partial charge in [0.05, 0.1) is 6.61 Å². The zero-order valence-corrected chi connectivity index (χ0v) is 9.74. The van der Waals surface area contributed by atoms with Gasteiger partial charge in [-0.05, 0) is 32.7 Å². The van der Waals surface area contributed by atoms with E-state index in [4.69, 9.17) is 9.26 Å². The highest BCUT2D eigenvalue weighted by Gasteiger charge is 2.12. The van der Waals surface area contributed by atoms with Crippen LogP contribution in [0.3, 0.4) is 0 Å². The van der Waals surface area contributed by atoms with E-state index in [1.807, 2.05) is 6.92 Å². The molecule has 1 aliphatic heterocycles. The first-order valence-corrected chi connectivity index (χ1v) is 5.95. The molecule has 1 aromatic rings. The summed E-state index contributed by atoms with van der Waals surface area (Å²) in [6, 6.07) is 0.526. The molecule has 90 valence electrons. The lowest BCUT2D eigenvalue weighted by atomic mass is 10.1. The van der Waals surface area contributed by atoms with E-state index in [2.05, 4.69) is 15.5 Å². The second kappa shape index (κ2) is 5.96. The first-order valence-electron chi connectivity index (χ1n) is 5.95. The number of aromatic nitrogens is 2. The van der Waals surface area contributed by atoms with Crippen molar-refractivity contribution < 1.29 is 9.26 Å². The molecule has 1 aliphatic rings. The first-order chi connectivity index (χ1) is 7.84. The first kappa shape index (κ1) is 11.5. The SMILES string of the molecule is Cc1noc(CCCNC2CCCOC2)n1. The van der Waals surface area contributed by atoms with E-state index in [1.165, 1.54) is 12.8 Å². The predicted octanol–water partition coefficient (Wildman–Crippen LogP) is 1.08. The fourth-order valence-electron chi connectivity index (χ4n) is 1.89. The molecular weight excluding hydrogens is 206 g/mol. The molecule has 5 heteroatoms. The predicted molar refractivity (Wildman–Crippen MR) is 59.2 cm³/mol. The van der Waals surface area contributed by atoms with Gasteiger partial charge in [0.1, 0.15) is 0 Å². The smallest absolute Gasteiger partial charge is 0.226 e. The van der Waals surface area contributed by atoms with Crippen LogP contribution in [0.5, 0.6) is 0 Å². The van der Waals surface area contributed by atoms with Gasteiger partial charge in [0.2, 0.25) is 5.89 Å². The molecule has 1 aromatic heterocycles. The summed E-state index contributed by atoms with van der Waals surface area (Å²) in [6.07, 6.45) is 4.26. The molecule has 0 aliphatic carbocycles. The van der Waals surface area contributed by atoms with Crippen LogP contribution in [0.2, 0.25) is 0 Å². The Bertz CT molecular complexity index is 308. The highest BCUT2D eigenvalue weighted by molar-refractivity contribution is 4.83. The Morgan fingerprint density at radius 3 is 3.12 bits per heavy atom. The van der Waals surface area contributed by atoms with Crippen LogP contribution >= 0.6 is 0 Å². The van der Waals surface area contributed by atoms with Crippen LogP contribution in [0.4, 0.5) is 0 Å². The van der Waals surface area contributed by atoms with E-state index >= 15 is 0 Å². The van der Waals surface area contributed by atoms with E-state index < -0.39 is 0 Å². The lowest BCUT2D eigenvalue weighted by Gasteiger charge is -2.22. The Morgan fingerprint density at radius 1 is 1.50 bits per heavy atom. The Kier molecular flexibility index (Phi) is 4.30. The second-order valence-corrected chi connectivity index (χ2v) is 4.21. The summed E-state index contributed by atoms with van der Waals surface area (Å²) < 4.78 is 10.4. The fraction of sp³-hybridized carbons (Fsp3) is 0.818. The van der Waals surface area contributed by atoms with Gasteiger partial charge >= 0.3 is 0 Å². The maximum atomic E-state index is 5.40. The third kappa shape index (κ3) is 3.57. The number of hydrogen-bond acceptors (Lipinski definition) is 5. The lowest BCUT2D eigenvalue weighted by Crippen LogP contribution is -2.37. The quantitative estimate of drug-likeness (QED) is 0.760. The molecule has 0 amide bonds. The number of ether oxygens (including phenoxy) is 1. The van der Waals surface area contributed by atoms with Crippen LogP contribution in [-0.4, -0.2) is 35.9 Å². The van der Waals surface area contributed by atoms with Crippen LogP contribution in [0.25, 0.3) is 0 Å². The average molecular weight is 225 g/mol. The fourth-order valence-corrected chi connectivity index (χ4v) is 1.89. The van der Waals surface area contributed by atoms with Crippen molar-refractivity contribution >= 4 is 0 Å². The number of rotatable bonds is 5. The molecule has 1 saturated heterocycles. The van der Waals surface area contributed by atoms with Gasteiger partial charge in [0, 0.05) is 19.1 Å². The largest absolute Gasteiger partial charge is 0.380 e. The van der Waals surface area contributed by atoms with Crippen molar-refractivity contribution in [1.29, 1.82) is 0 Å². The zero-order chi connectivity index (χ0) is 11.2. The van der Waals surface area contributed by atoms with Crippen molar-refractivity contribution in [3.05, 3.63) is 11.7 Å². The van der Waals surface area contributed by atoms with Crippen molar-refractivity contribution in [3.63, 3.8) is 0 Å². The van der Waals surface area contributed by atoms with Gasteiger partial charge in [-0.15, -0.1) is 0 Å². The minimum absolute atomic E-state index is 0.526. The topological polar surface area (TPSA) is 60.2 Å². The number of nitrogens with one attached hydrogen (secondary N) is 1. The van der Waals surface area contributed by atoms with Gasteiger partial charge < -0.3 is 14.6 Å². The van der Waals surface area contributed by atoms with Gasteiger partial charge in [0.25, 0.3) is 0 Å². The Balaban J connectivity index is 1.57. The van der Waals surface area contributed by atoms with Crippen LogP contribution in [-0.2, 0) is 11.2 Å². The number of hydrogen-bond donors (Lipinski definition) is 1. The molecular formula is C11H19N3O2. The Hall–Kier alpha value is -0.940. The molecule has 1 unspecified atom stereocenters. The van der Waals surface area contributed by atoms with Crippen molar-refractivity contribution in [2.45, 2.75) is 38.6 Å². The number of nitrogens with zero attached hydrogens (tertiary/aromatic N) is 2. The molecule has 5 nitrogen and oxygen atoms in total. The van der Waals surface area contributed by atoms with Gasteiger partial charge in [-0.3, -0.25) is 0 Å². The molecule has 1 fully saturated rings. The van der Waals surface area contributed by atoms with Crippen LogP contribution in [0, 0.1) is 6.92 Å². The molecule has 16 heavy (non-hydrogen) atoms. The van der Waals surface area contributed by atoms with E-state index in [1.54, 1.807) is 0 Å². The average Bonchev–Trinajstić information content (AvgIpc) is 2.72. The summed E-state index contributed by atoms with van der Waals surface area (Å²) >= 11 is 0. The standard InChI is InChI=1S/C11H19N3O2/c1-9-13-11(16-14-9)5-2-6-12-10-4-3-7-15-8-10/h10,12H,2-8H2,1H3. The van der Waals surface area contributed by atoms with Gasteiger partial charge in [-0.1, -0.05) is 5.16 Å². The number of aryl methyl sites for hydroxylation is 2. The zero-order valence-electron chi connectivity index (χ0n) is 9.74. The van der Waals surface area contributed by atoms with E-state index in [9.17, 15) is 0 Å². The molecule has 0 radical (unpaired) electrons. The molecule has 0 spiro atoms. The monoisotopic (exact) mass is 225 g/mol. The summed E-state index contributed by atoms with van der Waals surface area (Å²) in [5.74, 6) is 1.45. The minimum atomic E-state index is 0.526. The summed E-state index contributed by atoms with van der Waals surface area (Å²) in [5, 5.41) is 7.24. The summed E-state index contributed by atoms with van der Waals surface area (Å²) in [7, 11) is 0. The minimum Gasteiger partial charge on any atom is -0.380 e. The lowest BCUT2D eigenvalue weighted by molar-refractivity contribution is 0.0705. The molecule has 2 heterocycles. The van der Waals surface area contributed by atoms with Crippen molar-refractivity contribution in [3.8, 4) is 0 Å². The van der Waals surface area contributed by atoms with Crippen molar-refractivity contribution in [2.24, 2.45) is 0 Å². The normalized spacial score (nSPS) is 21.2. The van der Waals surface area contributed by atoms with Gasteiger partial charge in [-0.2, -0.15) is 4.98 Å². The summed E-state index contributed by atoms with van der Waals surface area (Å²) in [6.45, 7) is 4.58. The summed E-state index contributed by atoms with van der Waals surface area (Å²) in [5.41, 5.74) is 0. The van der Waals surface area contributed by atoms with E-state index in [0.29, 0.717) is 11.9 Å². The highest BCUT2D eigenvalue weighted by atomic mass is 16.5. The van der Waals surface area contributed by atoms with Crippen LogP contribution in [0.15, 0.2) is 4.52 Å². The second-order valence-electron chi connectivity index (χ2n) is 4.21. The molecule has 0 saturated carbocycles. The Labute approximate surface area is 95.6 Å². The molecule has 2 rings (SSSR count). The maximum absolute atomic E-state index is 5.40. The van der Waals surface area contributed by atoms with E-state index in [-0.39, 0.29) is 0 Å². The van der Waals surface area contributed by atoms with E-state index in [0.717, 1.165) is 38.5 Å².